The summed E-state index contributed by atoms with van der Waals surface area (Å²) in [4.78, 5) is 16.2. The van der Waals surface area contributed by atoms with Crippen LogP contribution in [0.25, 0.3) is 6.08 Å². The Hall–Kier alpha value is -3.97. The number of aryl methyl sites for hydroxylation is 1. The molecule has 0 radical (unpaired) electrons. The lowest BCUT2D eigenvalue weighted by molar-refractivity contribution is -0.112. The molecule has 0 unspecified atom stereocenters. The number of amides is 1. The highest BCUT2D eigenvalue weighted by Gasteiger charge is 2.19. The molecule has 1 amide bonds. The van der Waals surface area contributed by atoms with Crippen LogP contribution in [0.2, 0.25) is 0 Å². The van der Waals surface area contributed by atoms with Crippen LogP contribution in [0.3, 0.4) is 0 Å². The number of pyridine rings is 1. The molecule has 0 aliphatic rings. The maximum Gasteiger partial charge on any atom is 0.266 e. The number of hydrogen-bond acceptors (Lipinski definition) is 7. The third kappa shape index (κ3) is 4.71. The molecule has 0 saturated heterocycles. The molecular weight excluding hydrogens is 406 g/mol. The molecule has 30 heavy (non-hydrogen) atoms. The van der Waals surface area contributed by atoms with Gasteiger partial charge in [0.1, 0.15) is 11.6 Å². The van der Waals surface area contributed by atoms with E-state index in [2.05, 4.69) is 20.2 Å². The molecule has 3 rings (SSSR count). The number of anilines is 2. The van der Waals surface area contributed by atoms with E-state index in [1.807, 2.05) is 6.07 Å². The van der Waals surface area contributed by atoms with Crippen molar-refractivity contribution in [2.24, 2.45) is 0 Å². The molecule has 0 fully saturated rings. The number of sulfonamides is 1. The van der Waals surface area contributed by atoms with Crippen molar-refractivity contribution in [3.8, 4) is 6.07 Å². The minimum atomic E-state index is -3.90. The molecule has 0 aliphatic heterocycles. The van der Waals surface area contributed by atoms with Crippen LogP contribution in [0.4, 0.5) is 11.6 Å². The summed E-state index contributed by atoms with van der Waals surface area (Å²) in [5.41, 5.74) is 2.00. The average Bonchev–Trinajstić information content (AvgIpc) is 3.04. The van der Waals surface area contributed by atoms with Gasteiger partial charge in [-0.05, 0) is 55.8 Å². The van der Waals surface area contributed by atoms with Crippen molar-refractivity contribution in [2.45, 2.75) is 18.7 Å². The molecule has 0 aliphatic carbocycles. The van der Waals surface area contributed by atoms with Gasteiger partial charge in [-0.2, -0.15) is 5.26 Å². The number of hydrogen-bond donors (Lipinski definition) is 2. The van der Waals surface area contributed by atoms with Gasteiger partial charge in [0.2, 0.25) is 5.88 Å². The Morgan fingerprint density at radius 2 is 1.93 bits per heavy atom. The van der Waals surface area contributed by atoms with Gasteiger partial charge >= 0.3 is 0 Å². The predicted molar refractivity (Wildman–Crippen MR) is 110 cm³/mol. The van der Waals surface area contributed by atoms with Crippen molar-refractivity contribution in [1.82, 2.24) is 10.1 Å². The molecule has 2 aromatic heterocycles. The Kier molecular flexibility index (Phi) is 5.94. The molecular formula is C20H17N5O4S. The first-order valence-electron chi connectivity index (χ1n) is 8.69. The zero-order valence-electron chi connectivity index (χ0n) is 16.1. The Balaban J connectivity index is 1.74. The highest BCUT2D eigenvalue weighted by Crippen LogP contribution is 2.22. The van der Waals surface area contributed by atoms with Crippen LogP contribution in [-0.4, -0.2) is 24.5 Å². The van der Waals surface area contributed by atoms with Gasteiger partial charge in [-0.3, -0.25) is 9.78 Å². The Bertz CT molecular complexity index is 1240. The van der Waals surface area contributed by atoms with Gasteiger partial charge in [0, 0.05) is 23.6 Å². The molecule has 10 heteroatoms. The molecule has 9 nitrogen and oxygen atoms in total. The Morgan fingerprint density at radius 3 is 2.50 bits per heavy atom. The van der Waals surface area contributed by atoms with Crippen LogP contribution in [-0.2, 0) is 14.8 Å². The molecule has 0 saturated carbocycles. The number of nitriles is 1. The summed E-state index contributed by atoms with van der Waals surface area (Å²) in [7, 11) is -3.90. The van der Waals surface area contributed by atoms with Crippen LogP contribution in [0.1, 0.15) is 16.8 Å². The number of aromatic nitrogens is 2. The van der Waals surface area contributed by atoms with Crippen LogP contribution < -0.4 is 10.0 Å². The molecule has 0 atom stereocenters. The van der Waals surface area contributed by atoms with Gasteiger partial charge in [0.15, 0.2) is 0 Å². The standard InChI is InChI=1S/C20H17N5O4S/c1-13-14(2)24-29-20(13)25-30(27,28)18-7-5-17(6-8-18)23-19(26)16(11-21)10-15-4-3-9-22-12-15/h3-10,12,25H,1-2H3,(H,23,26)/b16-10+. The molecule has 0 bridgehead atoms. The summed E-state index contributed by atoms with van der Waals surface area (Å²) in [6.45, 7) is 3.39. The summed E-state index contributed by atoms with van der Waals surface area (Å²) < 4.78 is 32.3. The lowest BCUT2D eigenvalue weighted by Crippen LogP contribution is -2.15. The number of benzene rings is 1. The molecule has 2 N–H and O–H groups in total. The van der Waals surface area contributed by atoms with E-state index in [1.54, 1.807) is 32.2 Å². The molecule has 2 heterocycles. The van der Waals surface area contributed by atoms with E-state index in [0.717, 1.165) is 0 Å². The zero-order chi connectivity index (χ0) is 21.7. The van der Waals surface area contributed by atoms with Crippen LogP contribution in [0, 0.1) is 25.2 Å². The number of nitrogens with zero attached hydrogens (tertiary/aromatic N) is 3. The summed E-state index contributed by atoms with van der Waals surface area (Å²) in [5.74, 6) is -0.577. The lowest BCUT2D eigenvalue weighted by atomic mass is 10.1. The van der Waals surface area contributed by atoms with Gasteiger partial charge in [0.05, 0.1) is 10.6 Å². The monoisotopic (exact) mass is 423 g/mol. The van der Waals surface area contributed by atoms with E-state index >= 15 is 0 Å². The normalized spacial score (nSPS) is 11.6. The van der Waals surface area contributed by atoms with E-state index in [4.69, 9.17) is 4.52 Å². The van der Waals surface area contributed by atoms with E-state index in [-0.39, 0.29) is 16.4 Å². The number of rotatable bonds is 6. The third-order valence-corrected chi connectivity index (χ3v) is 5.51. The summed E-state index contributed by atoms with van der Waals surface area (Å²) in [6.07, 6.45) is 4.51. The second-order valence-electron chi connectivity index (χ2n) is 6.26. The van der Waals surface area contributed by atoms with Crippen molar-refractivity contribution in [2.75, 3.05) is 10.0 Å². The second-order valence-corrected chi connectivity index (χ2v) is 7.94. The second kappa shape index (κ2) is 8.59. The van der Waals surface area contributed by atoms with E-state index < -0.39 is 15.9 Å². The summed E-state index contributed by atoms with van der Waals surface area (Å²) >= 11 is 0. The van der Waals surface area contributed by atoms with Gasteiger partial charge in [-0.25, -0.2) is 13.1 Å². The number of carbonyl (C=O) groups is 1. The number of carbonyl (C=O) groups excluding carboxylic acids is 1. The fraction of sp³-hybridized carbons (Fsp3) is 0.100. The topological polar surface area (TPSA) is 138 Å². The van der Waals surface area contributed by atoms with E-state index in [0.29, 0.717) is 22.5 Å². The predicted octanol–water partition coefficient (Wildman–Crippen LogP) is 3.03. The molecule has 1 aromatic carbocycles. The van der Waals surface area contributed by atoms with Crippen LogP contribution in [0.15, 0.2) is 63.8 Å². The molecule has 152 valence electrons. The minimum Gasteiger partial charge on any atom is -0.337 e. The van der Waals surface area contributed by atoms with Crippen LogP contribution >= 0.6 is 0 Å². The van der Waals surface area contributed by atoms with E-state index in [9.17, 15) is 18.5 Å². The van der Waals surface area contributed by atoms with Crippen molar-refractivity contribution < 1.29 is 17.7 Å². The van der Waals surface area contributed by atoms with Crippen LogP contribution in [0.5, 0.6) is 0 Å². The fourth-order valence-electron chi connectivity index (χ4n) is 2.38. The first kappa shape index (κ1) is 20.8. The first-order valence-corrected chi connectivity index (χ1v) is 10.2. The first-order chi connectivity index (χ1) is 14.3. The lowest BCUT2D eigenvalue weighted by Gasteiger charge is -2.08. The average molecular weight is 423 g/mol. The maximum atomic E-state index is 12.5. The van der Waals surface area contributed by atoms with E-state index in [1.165, 1.54) is 36.5 Å². The smallest absolute Gasteiger partial charge is 0.266 e. The zero-order valence-corrected chi connectivity index (χ0v) is 16.9. The Morgan fingerprint density at radius 1 is 1.20 bits per heavy atom. The largest absolute Gasteiger partial charge is 0.337 e. The molecule has 0 spiro atoms. The third-order valence-electron chi connectivity index (χ3n) is 4.17. The summed E-state index contributed by atoms with van der Waals surface area (Å²) in [6, 6.07) is 10.7. The number of nitrogens with one attached hydrogen (secondary N) is 2. The van der Waals surface area contributed by atoms with Gasteiger partial charge < -0.3 is 9.84 Å². The molecule has 3 aromatic rings. The van der Waals surface area contributed by atoms with Crippen molar-refractivity contribution in [3.63, 3.8) is 0 Å². The van der Waals surface area contributed by atoms with Crippen molar-refractivity contribution in [1.29, 1.82) is 5.26 Å². The SMILES string of the molecule is Cc1noc(NS(=O)(=O)c2ccc(NC(=O)/C(C#N)=C/c3cccnc3)cc2)c1C. The van der Waals surface area contributed by atoms with Crippen molar-refractivity contribution >= 4 is 33.6 Å². The highest BCUT2D eigenvalue weighted by molar-refractivity contribution is 7.92. The minimum absolute atomic E-state index is 0.0274. The maximum absolute atomic E-state index is 12.5. The van der Waals surface area contributed by atoms with Gasteiger partial charge in [-0.1, -0.05) is 11.2 Å². The quantitative estimate of drug-likeness (QED) is 0.459. The van der Waals surface area contributed by atoms with Gasteiger partial charge in [-0.15, -0.1) is 0 Å². The highest BCUT2D eigenvalue weighted by atomic mass is 32.2. The van der Waals surface area contributed by atoms with Gasteiger partial charge in [0.25, 0.3) is 15.9 Å². The fourth-order valence-corrected chi connectivity index (χ4v) is 3.43. The summed E-state index contributed by atoms with van der Waals surface area (Å²) in [5, 5.41) is 15.5. The Labute approximate surface area is 173 Å². The van der Waals surface area contributed by atoms with Crippen molar-refractivity contribution in [3.05, 3.63) is 71.2 Å².